The number of benzene rings is 9. The van der Waals surface area contributed by atoms with Gasteiger partial charge in [-0.3, -0.25) is 4.57 Å². The zero-order valence-electron chi connectivity index (χ0n) is 29.6. The average molecular weight is 696 g/mol. The third kappa shape index (κ3) is 3.84. The Morgan fingerprint density at radius 2 is 0.873 bits per heavy atom. The minimum atomic E-state index is 0.674. The van der Waals surface area contributed by atoms with Crippen LogP contribution in [0, 0.1) is 0 Å². The zero-order valence-corrected chi connectivity index (χ0v) is 29.6. The SMILES string of the molecule is c1ccc(-c2ccc(-c3nc(-n4c5cccc6c7ccccc7c7ccc8c9ccccc9c9cc4c(c7c89)c65)nc4c3ccc3ccccc34)cc2)cc1. The van der Waals surface area contributed by atoms with Crippen LogP contribution in [0.15, 0.2) is 176 Å². The molecule has 11 aromatic carbocycles. The molecule has 0 saturated heterocycles. The molecule has 13 aromatic rings. The smallest absolute Gasteiger partial charge is 0.235 e. The Balaban J connectivity index is 1.22. The van der Waals surface area contributed by atoms with Crippen LogP contribution in [0.5, 0.6) is 0 Å². The maximum atomic E-state index is 5.58. The third-order valence-electron chi connectivity index (χ3n) is 12.1. The van der Waals surface area contributed by atoms with E-state index in [4.69, 9.17) is 9.97 Å². The molecule has 3 nitrogen and oxygen atoms in total. The summed E-state index contributed by atoms with van der Waals surface area (Å²) < 4.78 is 2.35. The first-order chi connectivity index (χ1) is 27.3. The average Bonchev–Trinajstić information content (AvgIpc) is 3.72. The molecule has 0 saturated carbocycles. The Bertz CT molecular complexity index is 3690. The summed E-state index contributed by atoms with van der Waals surface area (Å²) in [5.41, 5.74) is 7.54. The maximum Gasteiger partial charge on any atom is 0.235 e. The van der Waals surface area contributed by atoms with Crippen molar-refractivity contribution in [1.82, 2.24) is 14.5 Å². The second-order valence-corrected chi connectivity index (χ2v) is 14.9. The van der Waals surface area contributed by atoms with Gasteiger partial charge in [-0.1, -0.05) is 158 Å². The van der Waals surface area contributed by atoms with Crippen molar-refractivity contribution < 1.29 is 0 Å². The molecule has 0 spiro atoms. The number of hydrogen-bond acceptors (Lipinski definition) is 2. The number of fused-ring (bicyclic) bond motifs is 9. The zero-order chi connectivity index (χ0) is 35.8. The summed E-state index contributed by atoms with van der Waals surface area (Å²) in [4.78, 5) is 11.1. The van der Waals surface area contributed by atoms with Gasteiger partial charge in [0.2, 0.25) is 5.95 Å². The van der Waals surface area contributed by atoms with E-state index < -0.39 is 0 Å². The summed E-state index contributed by atoms with van der Waals surface area (Å²) in [6, 6.07) is 64.0. The molecule has 0 amide bonds. The fourth-order valence-electron chi connectivity index (χ4n) is 9.73. The lowest BCUT2D eigenvalue weighted by Crippen LogP contribution is -2.04. The van der Waals surface area contributed by atoms with Gasteiger partial charge in [-0.25, -0.2) is 9.97 Å². The standard InChI is InChI=1S/C52H29N3/c1-2-11-30(12-3-1)31-21-23-33(24-22-31)50-42-26-25-32-13-4-5-14-34(32)51(42)54-52(53-50)55-44-20-10-19-39-35-15-6-7-16-36(35)41-28-27-40-37-17-8-9-18-38(37)43-29-45(55)49(47(39)44)48(41)46(40)43/h1-29H. The highest BCUT2D eigenvalue weighted by Gasteiger charge is 2.26. The van der Waals surface area contributed by atoms with Gasteiger partial charge in [0, 0.05) is 32.5 Å². The molecule has 2 heterocycles. The first-order valence-electron chi connectivity index (χ1n) is 18.9. The Morgan fingerprint density at radius 1 is 0.309 bits per heavy atom. The third-order valence-corrected chi connectivity index (χ3v) is 12.1. The van der Waals surface area contributed by atoms with E-state index in [0.29, 0.717) is 5.95 Å². The summed E-state index contributed by atoms with van der Waals surface area (Å²) in [6.45, 7) is 0. The van der Waals surface area contributed by atoms with E-state index in [-0.39, 0.29) is 0 Å². The molecule has 55 heavy (non-hydrogen) atoms. The van der Waals surface area contributed by atoms with Gasteiger partial charge in [0.25, 0.3) is 0 Å². The number of rotatable bonds is 3. The molecule has 0 atom stereocenters. The predicted molar refractivity (Wildman–Crippen MR) is 232 cm³/mol. The molecule has 3 heteroatoms. The van der Waals surface area contributed by atoms with Crippen LogP contribution >= 0.6 is 0 Å². The van der Waals surface area contributed by atoms with Crippen molar-refractivity contribution in [2.75, 3.05) is 0 Å². The molecule has 0 radical (unpaired) electrons. The molecule has 252 valence electrons. The summed E-state index contributed by atoms with van der Waals surface area (Å²) >= 11 is 0. The van der Waals surface area contributed by atoms with Crippen molar-refractivity contribution in [1.29, 1.82) is 0 Å². The molecular weight excluding hydrogens is 667 g/mol. The second-order valence-electron chi connectivity index (χ2n) is 14.9. The summed E-state index contributed by atoms with van der Waals surface area (Å²) in [6.07, 6.45) is 0. The Kier molecular flexibility index (Phi) is 5.63. The van der Waals surface area contributed by atoms with Crippen molar-refractivity contribution in [3.63, 3.8) is 0 Å². The van der Waals surface area contributed by atoms with Crippen LogP contribution in [-0.4, -0.2) is 14.5 Å². The lowest BCUT2D eigenvalue weighted by Gasteiger charge is -2.14. The molecule has 0 aliphatic heterocycles. The lowest BCUT2D eigenvalue weighted by atomic mass is 9.97. The van der Waals surface area contributed by atoms with Crippen LogP contribution < -0.4 is 0 Å². The highest BCUT2D eigenvalue weighted by atomic mass is 15.2. The van der Waals surface area contributed by atoms with Gasteiger partial charge in [0.15, 0.2) is 0 Å². The van der Waals surface area contributed by atoms with Crippen LogP contribution in [0.1, 0.15) is 0 Å². The molecule has 13 rings (SSSR count). The van der Waals surface area contributed by atoms with Crippen molar-refractivity contribution in [3.05, 3.63) is 176 Å². The van der Waals surface area contributed by atoms with Crippen molar-refractivity contribution in [2.45, 2.75) is 0 Å². The molecular formula is C52H29N3. The van der Waals surface area contributed by atoms with Crippen LogP contribution in [-0.2, 0) is 0 Å². The van der Waals surface area contributed by atoms with E-state index in [0.717, 1.165) is 44.0 Å². The molecule has 0 fully saturated rings. The molecule has 2 aromatic heterocycles. The van der Waals surface area contributed by atoms with Gasteiger partial charge in [-0.15, -0.1) is 0 Å². The van der Waals surface area contributed by atoms with E-state index in [1.165, 1.54) is 75.8 Å². The van der Waals surface area contributed by atoms with E-state index in [1.807, 2.05) is 0 Å². The fraction of sp³-hybridized carbons (Fsp3) is 0. The van der Waals surface area contributed by atoms with Gasteiger partial charge in [0.05, 0.1) is 22.2 Å². The minimum absolute atomic E-state index is 0.674. The summed E-state index contributed by atoms with van der Waals surface area (Å²) in [5.74, 6) is 0.674. The molecule has 0 aliphatic rings. The first-order valence-corrected chi connectivity index (χ1v) is 18.9. The van der Waals surface area contributed by atoms with Gasteiger partial charge in [0.1, 0.15) is 0 Å². The van der Waals surface area contributed by atoms with Crippen LogP contribution in [0.3, 0.4) is 0 Å². The molecule has 0 N–H and O–H groups in total. The predicted octanol–water partition coefficient (Wildman–Crippen LogP) is 13.9. The van der Waals surface area contributed by atoms with Crippen molar-refractivity contribution in [3.8, 4) is 28.3 Å². The van der Waals surface area contributed by atoms with E-state index in [1.54, 1.807) is 0 Å². The number of nitrogens with zero attached hydrogens (tertiary/aromatic N) is 3. The first kappa shape index (κ1) is 29.1. The van der Waals surface area contributed by atoms with Gasteiger partial charge in [-0.2, -0.15) is 0 Å². The normalized spacial score (nSPS) is 12.4. The number of hydrogen-bond donors (Lipinski definition) is 0. The van der Waals surface area contributed by atoms with Gasteiger partial charge in [-0.05, 0) is 83.2 Å². The molecule has 0 unspecified atom stereocenters. The van der Waals surface area contributed by atoms with Crippen LogP contribution in [0.4, 0.5) is 0 Å². The van der Waals surface area contributed by atoms with Gasteiger partial charge >= 0.3 is 0 Å². The topological polar surface area (TPSA) is 30.7 Å². The van der Waals surface area contributed by atoms with Crippen LogP contribution in [0.2, 0.25) is 0 Å². The number of aromatic nitrogens is 3. The Hall–Kier alpha value is -7.36. The quantitative estimate of drug-likeness (QED) is 0.172. The van der Waals surface area contributed by atoms with E-state index in [2.05, 4.69) is 180 Å². The largest absolute Gasteiger partial charge is 0.278 e. The van der Waals surface area contributed by atoms with Gasteiger partial charge < -0.3 is 0 Å². The highest BCUT2D eigenvalue weighted by Crippen LogP contribution is 2.50. The Morgan fingerprint density at radius 3 is 1.62 bits per heavy atom. The fourth-order valence-corrected chi connectivity index (χ4v) is 9.73. The Labute approximate surface area is 315 Å². The van der Waals surface area contributed by atoms with E-state index in [9.17, 15) is 0 Å². The van der Waals surface area contributed by atoms with Crippen molar-refractivity contribution in [2.24, 2.45) is 0 Å². The highest BCUT2D eigenvalue weighted by molar-refractivity contribution is 6.44. The van der Waals surface area contributed by atoms with E-state index >= 15 is 0 Å². The molecule has 0 aliphatic carbocycles. The minimum Gasteiger partial charge on any atom is -0.278 e. The lowest BCUT2D eigenvalue weighted by molar-refractivity contribution is 1.02. The second kappa shape index (κ2) is 10.6. The van der Waals surface area contributed by atoms with Crippen LogP contribution in [0.25, 0.3) is 126 Å². The summed E-state index contributed by atoms with van der Waals surface area (Å²) in [5, 5.41) is 18.6. The molecule has 0 bridgehead atoms. The summed E-state index contributed by atoms with van der Waals surface area (Å²) in [7, 11) is 0. The van der Waals surface area contributed by atoms with Crippen molar-refractivity contribution >= 4 is 97.3 Å². The monoisotopic (exact) mass is 695 g/mol. The maximum absolute atomic E-state index is 5.58.